The molecule has 2 aromatic rings. The number of nitrogens with one attached hydrogen (secondary N) is 1. The van der Waals surface area contributed by atoms with E-state index in [4.69, 9.17) is 0 Å². The fraction of sp³-hybridized carbons (Fsp3) is 0.250. The second-order valence-electron chi connectivity index (χ2n) is 3.62. The van der Waals surface area contributed by atoms with Crippen molar-refractivity contribution in [2.45, 2.75) is 20.0 Å². The summed E-state index contributed by atoms with van der Waals surface area (Å²) in [6, 6.07) is 6.53. The maximum absolute atomic E-state index is 13.1. The first-order valence-electron chi connectivity index (χ1n) is 5.40. The molecule has 5 heteroatoms. The molecule has 0 amide bonds. The highest BCUT2D eigenvalue weighted by molar-refractivity contribution is 9.10. The van der Waals surface area contributed by atoms with E-state index in [9.17, 15) is 4.39 Å². The van der Waals surface area contributed by atoms with Crippen LogP contribution in [0, 0.1) is 5.82 Å². The molecule has 0 unspecified atom stereocenters. The van der Waals surface area contributed by atoms with Crippen LogP contribution in [0.5, 0.6) is 0 Å². The minimum Gasteiger partial charge on any atom is -0.378 e. The molecule has 0 saturated carbocycles. The molecule has 0 fully saturated rings. The fourth-order valence-corrected chi connectivity index (χ4v) is 2.00. The maximum Gasteiger partial charge on any atom is 0.125 e. The normalized spacial score (nSPS) is 10.5. The number of aromatic nitrogens is 2. The molecular formula is C12H13BrFN3. The molecule has 0 atom stereocenters. The third kappa shape index (κ3) is 2.85. The van der Waals surface area contributed by atoms with Crippen LogP contribution < -0.4 is 5.32 Å². The Balaban J connectivity index is 2.09. The molecule has 1 N–H and O–H groups in total. The van der Waals surface area contributed by atoms with Gasteiger partial charge in [0, 0.05) is 17.2 Å². The number of aryl methyl sites for hydroxylation is 1. The van der Waals surface area contributed by atoms with Crippen molar-refractivity contribution in [3.05, 3.63) is 46.4 Å². The predicted molar refractivity (Wildman–Crippen MR) is 69.3 cm³/mol. The largest absolute Gasteiger partial charge is 0.378 e. The van der Waals surface area contributed by atoms with Crippen molar-refractivity contribution in [3.8, 4) is 0 Å². The van der Waals surface area contributed by atoms with E-state index in [2.05, 4.69) is 26.3 Å². The van der Waals surface area contributed by atoms with Gasteiger partial charge >= 0.3 is 0 Å². The predicted octanol–water partition coefficient (Wildman–Crippen LogP) is 3.42. The fourth-order valence-electron chi connectivity index (χ4n) is 1.61. The topological polar surface area (TPSA) is 29.9 Å². The van der Waals surface area contributed by atoms with Crippen molar-refractivity contribution < 1.29 is 4.39 Å². The number of nitrogens with zero attached hydrogens (tertiary/aromatic N) is 2. The van der Waals surface area contributed by atoms with Crippen LogP contribution in [-0.2, 0) is 13.1 Å². The second-order valence-corrected chi connectivity index (χ2v) is 4.47. The van der Waals surface area contributed by atoms with Gasteiger partial charge in [0.15, 0.2) is 0 Å². The second kappa shape index (κ2) is 5.31. The van der Waals surface area contributed by atoms with E-state index >= 15 is 0 Å². The molecule has 3 nitrogen and oxygen atoms in total. The molecule has 0 radical (unpaired) electrons. The van der Waals surface area contributed by atoms with Crippen molar-refractivity contribution in [3.63, 3.8) is 0 Å². The monoisotopic (exact) mass is 297 g/mol. The van der Waals surface area contributed by atoms with E-state index in [1.807, 2.05) is 17.7 Å². The van der Waals surface area contributed by atoms with E-state index in [-0.39, 0.29) is 5.82 Å². The summed E-state index contributed by atoms with van der Waals surface area (Å²) >= 11 is 3.38. The molecule has 0 aliphatic carbocycles. The Morgan fingerprint density at radius 2 is 2.24 bits per heavy atom. The Morgan fingerprint density at radius 3 is 3.00 bits per heavy atom. The summed E-state index contributed by atoms with van der Waals surface area (Å²) in [4.78, 5) is 0. The van der Waals surface area contributed by atoms with Gasteiger partial charge in [-0.15, -0.1) is 0 Å². The van der Waals surface area contributed by atoms with Gasteiger partial charge in [-0.2, -0.15) is 5.10 Å². The average Bonchev–Trinajstić information content (AvgIpc) is 2.77. The molecule has 1 heterocycles. The lowest BCUT2D eigenvalue weighted by molar-refractivity contribution is 0.624. The molecule has 17 heavy (non-hydrogen) atoms. The van der Waals surface area contributed by atoms with Crippen molar-refractivity contribution in [1.82, 2.24) is 9.78 Å². The van der Waals surface area contributed by atoms with E-state index in [1.165, 1.54) is 12.1 Å². The van der Waals surface area contributed by atoms with E-state index in [1.54, 1.807) is 12.3 Å². The third-order valence-corrected chi connectivity index (χ3v) is 3.18. The quantitative estimate of drug-likeness (QED) is 0.937. The molecule has 0 aliphatic heterocycles. The lowest BCUT2D eigenvalue weighted by Gasteiger charge is -2.09. The summed E-state index contributed by atoms with van der Waals surface area (Å²) in [5.74, 6) is -0.250. The molecule has 0 aliphatic rings. The number of rotatable bonds is 4. The lowest BCUT2D eigenvalue weighted by atomic mass is 10.3. The van der Waals surface area contributed by atoms with Crippen molar-refractivity contribution in [1.29, 1.82) is 0 Å². The van der Waals surface area contributed by atoms with Gasteiger partial charge in [0.2, 0.25) is 0 Å². The number of hydrogen-bond acceptors (Lipinski definition) is 2. The minimum atomic E-state index is -0.250. The molecule has 1 aromatic carbocycles. The van der Waals surface area contributed by atoms with Crippen LogP contribution in [0.4, 0.5) is 10.1 Å². The highest BCUT2D eigenvalue weighted by Crippen LogP contribution is 2.23. The molecule has 0 bridgehead atoms. The van der Waals surface area contributed by atoms with E-state index in [0.717, 1.165) is 22.4 Å². The third-order valence-electron chi connectivity index (χ3n) is 2.49. The van der Waals surface area contributed by atoms with Crippen LogP contribution in [0.2, 0.25) is 0 Å². The lowest BCUT2D eigenvalue weighted by Crippen LogP contribution is -2.08. The van der Waals surface area contributed by atoms with Gasteiger partial charge in [-0.25, -0.2) is 4.39 Å². The number of benzene rings is 1. The average molecular weight is 298 g/mol. The number of anilines is 1. The Hall–Kier alpha value is -1.36. The standard InChI is InChI=1S/C12H13BrFN3/c1-2-17-10(5-6-16-17)8-15-12-7-9(14)3-4-11(12)13/h3-7,15H,2,8H2,1H3. The van der Waals surface area contributed by atoms with Gasteiger partial charge in [-0.1, -0.05) is 0 Å². The summed E-state index contributed by atoms with van der Waals surface area (Å²) in [6.07, 6.45) is 1.77. The Morgan fingerprint density at radius 1 is 1.41 bits per heavy atom. The Bertz CT molecular complexity index is 510. The van der Waals surface area contributed by atoms with E-state index < -0.39 is 0 Å². The van der Waals surface area contributed by atoms with Crippen molar-refractivity contribution in [2.75, 3.05) is 5.32 Å². The molecule has 0 saturated heterocycles. The molecule has 2 rings (SSSR count). The van der Waals surface area contributed by atoms with Crippen LogP contribution >= 0.6 is 15.9 Å². The van der Waals surface area contributed by atoms with E-state index in [0.29, 0.717) is 6.54 Å². The molecule has 90 valence electrons. The van der Waals surface area contributed by atoms with Crippen LogP contribution in [-0.4, -0.2) is 9.78 Å². The van der Waals surface area contributed by atoms with Gasteiger partial charge < -0.3 is 5.32 Å². The number of hydrogen-bond donors (Lipinski definition) is 1. The molecular weight excluding hydrogens is 285 g/mol. The van der Waals surface area contributed by atoms with Gasteiger partial charge in [0.1, 0.15) is 5.82 Å². The minimum absolute atomic E-state index is 0.250. The summed E-state index contributed by atoms with van der Waals surface area (Å²) in [5.41, 5.74) is 1.82. The van der Waals surface area contributed by atoms with Crippen LogP contribution in [0.1, 0.15) is 12.6 Å². The summed E-state index contributed by atoms with van der Waals surface area (Å²) in [7, 11) is 0. The zero-order valence-corrected chi connectivity index (χ0v) is 11.0. The maximum atomic E-state index is 13.1. The number of halogens is 2. The van der Waals surface area contributed by atoms with Gasteiger partial charge in [-0.05, 0) is 47.1 Å². The van der Waals surface area contributed by atoms with Crippen LogP contribution in [0.15, 0.2) is 34.9 Å². The first kappa shape index (κ1) is 12.1. The first-order chi connectivity index (χ1) is 8.20. The molecule has 0 spiro atoms. The van der Waals surface area contributed by atoms with Gasteiger partial charge in [0.25, 0.3) is 0 Å². The zero-order chi connectivity index (χ0) is 12.3. The van der Waals surface area contributed by atoms with Crippen LogP contribution in [0.3, 0.4) is 0 Å². The summed E-state index contributed by atoms with van der Waals surface area (Å²) in [5, 5.41) is 7.36. The van der Waals surface area contributed by atoms with Crippen molar-refractivity contribution >= 4 is 21.6 Å². The van der Waals surface area contributed by atoms with Crippen LogP contribution in [0.25, 0.3) is 0 Å². The van der Waals surface area contributed by atoms with Gasteiger partial charge in [-0.3, -0.25) is 4.68 Å². The molecule has 1 aromatic heterocycles. The summed E-state index contributed by atoms with van der Waals surface area (Å²) in [6.45, 7) is 3.48. The zero-order valence-electron chi connectivity index (χ0n) is 9.45. The Labute approximate surface area is 108 Å². The highest BCUT2D eigenvalue weighted by atomic mass is 79.9. The summed E-state index contributed by atoms with van der Waals surface area (Å²) < 4.78 is 15.8. The first-order valence-corrected chi connectivity index (χ1v) is 6.19. The highest BCUT2D eigenvalue weighted by Gasteiger charge is 2.04. The Kier molecular flexibility index (Phi) is 3.78. The SMILES string of the molecule is CCn1nccc1CNc1cc(F)ccc1Br. The van der Waals surface area contributed by atoms with Gasteiger partial charge in [0.05, 0.1) is 17.9 Å². The smallest absolute Gasteiger partial charge is 0.125 e. The van der Waals surface area contributed by atoms with Crippen molar-refractivity contribution in [2.24, 2.45) is 0 Å².